The molecular formula is C8H5BrClNO. The minimum atomic E-state index is -1.13. The van der Waals surface area contributed by atoms with Gasteiger partial charge in [0, 0.05) is 15.1 Å². The van der Waals surface area contributed by atoms with Gasteiger partial charge in [0.25, 0.3) is 0 Å². The highest BCUT2D eigenvalue weighted by Crippen LogP contribution is 2.26. The monoisotopic (exact) mass is 245 g/mol. The molecule has 0 radical (unpaired) electrons. The number of hydrogen-bond donors (Lipinski definition) is 1. The van der Waals surface area contributed by atoms with Crippen LogP contribution in [0.5, 0.6) is 0 Å². The van der Waals surface area contributed by atoms with Crippen molar-refractivity contribution in [1.82, 2.24) is 0 Å². The van der Waals surface area contributed by atoms with Crippen LogP contribution in [0.4, 0.5) is 0 Å². The molecule has 0 spiro atoms. The second-order valence-electron chi connectivity index (χ2n) is 2.20. The quantitative estimate of drug-likeness (QED) is 0.774. The molecule has 0 saturated carbocycles. The smallest absolute Gasteiger partial charge is 0.167 e. The predicted molar refractivity (Wildman–Crippen MR) is 49.7 cm³/mol. The summed E-state index contributed by atoms with van der Waals surface area (Å²) in [4.78, 5) is 0. The van der Waals surface area contributed by atoms with Crippen LogP contribution in [-0.2, 0) is 0 Å². The Morgan fingerprint density at radius 1 is 1.58 bits per heavy atom. The molecule has 0 heterocycles. The van der Waals surface area contributed by atoms with E-state index in [0.717, 1.165) is 0 Å². The van der Waals surface area contributed by atoms with Crippen molar-refractivity contribution in [2.75, 3.05) is 0 Å². The zero-order chi connectivity index (χ0) is 9.14. The molecule has 1 aromatic rings. The third-order valence-corrected chi connectivity index (χ3v) is 2.33. The fourth-order valence-electron chi connectivity index (χ4n) is 0.794. The third kappa shape index (κ3) is 1.98. The summed E-state index contributed by atoms with van der Waals surface area (Å²) in [7, 11) is 0. The average Bonchev–Trinajstić information content (AvgIpc) is 2.08. The molecule has 1 rings (SSSR count). The van der Waals surface area contributed by atoms with E-state index in [4.69, 9.17) is 16.9 Å². The molecule has 0 fully saturated rings. The van der Waals surface area contributed by atoms with Crippen molar-refractivity contribution in [3.63, 3.8) is 0 Å². The van der Waals surface area contributed by atoms with E-state index < -0.39 is 6.10 Å². The maximum Gasteiger partial charge on any atom is 0.167 e. The van der Waals surface area contributed by atoms with Gasteiger partial charge in [-0.05, 0) is 18.2 Å². The van der Waals surface area contributed by atoms with Gasteiger partial charge >= 0.3 is 0 Å². The summed E-state index contributed by atoms with van der Waals surface area (Å²) in [5.74, 6) is 0. The van der Waals surface area contributed by atoms with Crippen LogP contribution >= 0.6 is 27.5 Å². The molecule has 2 nitrogen and oxygen atoms in total. The van der Waals surface area contributed by atoms with E-state index >= 15 is 0 Å². The summed E-state index contributed by atoms with van der Waals surface area (Å²) < 4.78 is 0.681. The lowest BCUT2D eigenvalue weighted by atomic mass is 10.1. The standard InChI is InChI=1S/C8H5BrClNO/c9-7-2-1-5(10)3-6(7)8(12)4-11/h1-3,8,12H/t8-/m0/s1. The van der Waals surface area contributed by atoms with Crippen LogP contribution in [0.15, 0.2) is 22.7 Å². The highest BCUT2D eigenvalue weighted by atomic mass is 79.9. The summed E-state index contributed by atoms with van der Waals surface area (Å²) in [6.45, 7) is 0. The van der Waals surface area contributed by atoms with Gasteiger partial charge in [-0.3, -0.25) is 0 Å². The highest BCUT2D eigenvalue weighted by Gasteiger charge is 2.09. The highest BCUT2D eigenvalue weighted by molar-refractivity contribution is 9.10. The molecule has 0 aliphatic heterocycles. The van der Waals surface area contributed by atoms with Crippen molar-refractivity contribution in [2.24, 2.45) is 0 Å². The molecule has 62 valence electrons. The number of aliphatic hydroxyl groups excluding tert-OH is 1. The maximum atomic E-state index is 9.18. The fourth-order valence-corrected chi connectivity index (χ4v) is 1.44. The van der Waals surface area contributed by atoms with Crippen LogP contribution in [0.1, 0.15) is 11.7 Å². The molecular weight excluding hydrogens is 241 g/mol. The van der Waals surface area contributed by atoms with Crippen LogP contribution in [0.2, 0.25) is 5.02 Å². The summed E-state index contributed by atoms with van der Waals surface area (Å²) in [6, 6.07) is 6.64. The van der Waals surface area contributed by atoms with Crippen LogP contribution < -0.4 is 0 Å². The van der Waals surface area contributed by atoms with Crippen LogP contribution in [-0.4, -0.2) is 5.11 Å². The largest absolute Gasteiger partial charge is 0.374 e. The Balaban J connectivity index is 3.15. The summed E-state index contributed by atoms with van der Waals surface area (Å²) in [5, 5.41) is 18.1. The van der Waals surface area contributed by atoms with Gasteiger partial charge < -0.3 is 5.11 Å². The topological polar surface area (TPSA) is 44.0 Å². The Morgan fingerprint density at radius 3 is 2.83 bits per heavy atom. The molecule has 12 heavy (non-hydrogen) atoms. The van der Waals surface area contributed by atoms with Gasteiger partial charge in [0.05, 0.1) is 6.07 Å². The lowest BCUT2D eigenvalue weighted by Crippen LogP contribution is -1.94. The molecule has 0 bridgehead atoms. The maximum absolute atomic E-state index is 9.18. The molecule has 4 heteroatoms. The van der Waals surface area contributed by atoms with E-state index in [1.54, 1.807) is 24.3 Å². The van der Waals surface area contributed by atoms with Gasteiger partial charge in [0.2, 0.25) is 0 Å². The lowest BCUT2D eigenvalue weighted by Gasteiger charge is -2.04. The van der Waals surface area contributed by atoms with E-state index in [1.165, 1.54) is 0 Å². The number of aliphatic hydroxyl groups is 1. The molecule has 1 N–H and O–H groups in total. The Hall–Kier alpha value is -0.560. The second kappa shape index (κ2) is 3.90. The van der Waals surface area contributed by atoms with Gasteiger partial charge in [0.15, 0.2) is 6.10 Å². The van der Waals surface area contributed by atoms with Gasteiger partial charge in [-0.15, -0.1) is 0 Å². The van der Waals surface area contributed by atoms with Gasteiger partial charge in [0.1, 0.15) is 0 Å². The number of halogens is 2. The van der Waals surface area contributed by atoms with Crippen molar-refractivity contribution < 1.29 is 5.11 Å². The zero-order valence-electron chi connectivity index (χ0n) is 5.96. The third-order valence-electron chi connectivity index (χ3n) is 1.37. The average molecular weight is 246 g/mol. The minimum absolute atomic E-state index is 0.491. The molecule has 0 saturated heterocycles. The van der Waals surface area contributed by atoms with E-state index in [1.807, 2.05) is 0 Å². The Morgan fingerprint density at radius 2 is 2.25 bits per heavy atom. The summed E-state index contributed by atoms with van der Waals surface area (Å²) >= 11 is 8.88. The van der Waals surface area contributed by atoms with E-state index in [2.05, 4.69) is 15.9 Å². The number of nitrogens with zero attached hydrogens (tertiary/aromatic N) is 1. The molecule has 1 atom stereocenters. The Bertz CT molecular complexity index is 334. The van der Waals surface area contributed by atoms with Crippen molar-refractivity contribution in [1.29, 1.82) is 5.26 Å². The summed E-state index contributed by atoms with van der Waals surface area (Å²) in [5.41, 5.74) is 0.491. The van der Waals surface area contributed by atoms with Crippen LogP contribution in [0.25, 0.3) is 0 Å². The number of rotatable bonds is 1. The lowest BCUT2D eigenvalue weighted by molar-refractivity contribution is 0.235. The first-order valence-electron chi connectivity index (χ1n) is 3.18. The van der Waals surface area contributed by atoms with Crippen molar-refractivity contribution in [2.45, 2.75) is 6.10 Å². The van der Waals surface area contributed by atoms with Gasteiger partial charge in [-0.1, -0.05) is 27.5 Å². The first kappa shape index (κ1) is 9.53. The van der Waals surface area contributed by atoms with Gasteiger partial charge in [-0.25, -0.2) is 0 Å². The Kier molecular flexibility index (Phi) is 3.10. The van der Waals surface area contributed by atoms with Crippen molar-refractivity contribution >= 4 is 27.5 Å². The van der Waals surface area contributed by atoms with Crippen LogP contribution in [0, 0.1) is 11.3 Å². The minimum Gasteiger partial charge on any atom is -0.374 e. The molecule has 1 aromatic carbocycles. The molecule has 0 aliphatic rings. The predicted octanol–water partition coefficient (Wildman–Crippen LogP) is 2.66. The zero-order valence-corrected chi connectivity index (χ0v) is 8.30. The number of benzene rings is 1. The molecule has 0 unspecified atom stereocenters. The first-order chi connectivity index (χ1) is 5.65. The van der Waals surface area contributed by atoms with Crippen molar-refractivity contribution in [3.05, 3.63) is 33.3 Å². The van der Waals surface area contributed by atoms with E-state index in [0.29, 0.717) is 15.1 Å². The number of hydrogen-bond acceptors (Lipinski definition) is 2. The fraction of sp³-hybridized carbons (Fsp3) is 0.125. The molecule has 0 aromatic heterocycles. The summed E-state index contributed by atoms with van der Waals surface area (Å²) in [6.07, 6.45) is -1.13. The first-order valence-corrected chi connectivity index (χ1v) is 4.35. The van der Waals surface area contributed by atoms with E-state index in [9.17, 15) is 5.11 Å². The normalized spacial score (nSPS) is 12.2. The SMILES string of the molecule is N#C[C@H](O)c1cc(Cl)ccc1Br. The second-order valence-corrected chi connectivity index (χ2v) is 3.49. The van der Waals surface area contributed by atoms with Gasteiger partial charge in [-0.2, -0.15) is 5.26 Å². The van der Waals surface area contributed by atoms with E-state index in [-0.39, 0.29) is 0 Å². The van der Waals surface area contributed by atoms with Crippen molar-refractivity contribution in [3.8, 4) is 6.07 Å². The molecule has 0 amide bonds. The molecule has 0 aliphatic carbocycles. The van der Waals surface area contributed by atoms with Crippen LogP contribution in [0.3, 0.4) is 0 Å². The Labute approximate surface area is 83.5 Å². The number of nitriles is 1.